The van der Waals surface area contributed by atoms with Gasteiger partial charge < -0.3 is 10.6 Å². The summed E-state index contributed by atoms with van der Waals surface area (Å²) in [6.45, 7) is 1.57. The van der Waals surface area contributed by atoms with Crippen LogP contribution in [-0.2, 0) is 4.79 Å². The van der Waals surface area contributed by atoms with Gasteiger partial charge in [-0.05, 0) is 49.7 Å². The molecule has 1 aromatic heterocycles. The Bertz CT molecular complexity index is 709. The number of nitrogens with two attached hydrogens (primary N) is 1. The molecule has 0 radical (unpaired) electrons. The first-order chi connectivity index (χ1) is 12.1. The highest BCUT2D eigenvalue weighted by Gasteiger charge is 2.31. The number of rotatable bonds is 6. The van der Waals surface area contributed by atoms with E-state index >= 15 is 0 Å². The summed E-state index contributed by atoms with van der Waals surface area (Å²) >= 11 is 0. The number of halogens is 1. The maximum Gasteiger partial charge on any atom is 0.239 e. The third kappa shape index (κ3) is 3.93. The molecule has 2 heterocycles. The van der Waals surface area contributed by atoms with Crippen molar-refractivity contribution in [3.8, 4) is 0 Å². The van der Waals surface area contributed by atoms with Crippen molar-refractivity contribution in [2.75, 3.05) is 25.0 Å². The second kappa shape index (κ2) is 7.57. The van der Waals surface area contributed by atoms with E-state index in [9.17, 15) is 9.18 Å². The molecule has 7 heteroatoms. The summed E-state index contributed by atoms with van der Waals surface area (Å²) < 4.78 is 13.2. The average Bonchev–Trinajstić information content (AvgIpc) is 3.05. The second-order valence-electron chi connectivity index (χ2n) is 6.37. The van der Waals surface area contributed by atoms with Crippen LogP contribution in [0.15, 0.2) is 42.6 Å². The van der Waals surface area contributed by atoms with E-state index in [0.717, 1.165) is 25.2 Å². The molecule has 2 N–H and O–H groups in total. The monoisotopic (exact) mass is 343 g/mol. The van der Waals surface area contributed by atoms with Crippen LogP contribution in [0.1, 0.15) is 24.4 Å². The number of aromatic nitrogens is 2. The predicted octanol–water partition coefficient (Wildman–Crippen LogP) is 1.74. The smallest absolute Gasteiger partial charge is 0.239 e. The van der Waals surface area contributed by atoms with Crippen molar-refractivity contribution in [3.05, 3.63) is 54.0 Å². The third-order valence-electron chi connectivity index (χ3n) is 4.62. The van der Waals surface area contributed by atoms with Gasteiger partial charge in [0.15, 0.2) is 5.82 Å². The molecule has 1 amide bonds. The van der Waals surface area contributed by atoms with Gasteiger partial charge in [-0.15, -0.1) is 5.10 Å². The first-order valence-corrected chi connectivity index (χ1v) is 8.35. The van der Waals surface area contributed by atoms with E-state index in [0.29, 0.717) is 12.1 Å². The largest absolute Gasteiger partial charge is 0.368 e. The number of primary amides is 1. The van der Waals surface area contributed by atoms with Crippen LogP contribution in [-0.4, -0.2) is 47.2 Å². The van der Waals surface area contributed by atoms with Gasteiger partial charge >= 0.3 is 0 Å². The van der Waals surface area contributed by atoms with Crippen molar-refractivity contribution in [2.45, 2.75) is 24.9 Å². The number of anilines is 1. The fraction of sp³-hybridized carbons (Fsp3) is 0.389. The molecule has 25 heavy (non-hydrogen) atoms. The summed E-state index contributed by atoms with van der Waals surface area (Å²) in [5.74, 6) is 0.0632. The minimum absolute atomic E-state index is 0.226. The number of amides is 1. The third-order valence-corrected chi connectivity index (χ3v) is 4.62. The maximum atomic E-state index is 13.2. The number of hydrogen-bond acceptors (Lipinski definition) is 5. The number of nitrogens with zero attached hydrogens (tertiary/aromatic N) is 4. The van der Waals surface area contributed by atoms with E-state index in [4.69, 9.17) is 5.73 Å². The molecule has 2 atom stereocenters. The van der Waals surface area contributed by atoms with E-state index in [2.05, 4.69) is 15.1 Å². The summed E-state index contributed by atoms with van der Waals surface area (Å²) in [5, 5.41) is 8.14. The van der Waals surface area contributed by atoms with Gasteiger partial charge in [-0.1, -0.05) is 12.1 Å². The molecule has 0 saturated carbocycles. The van der Waals surface area contributed by atoms with Crippen LogP contribution in [0.2, 0.25) is 0 Å². The van der Waals surface area contributed by atoms with Crippen molar-refractivity contribution in [3.63, 3.8) is 0 Å². The molecule has 1 fully saturated rings. The highest BCUT2D eigenvalue weighted by molar-refractivity contribution is 5.81. The Morgan fingerprint density at radius 1 is 1.40 bits per heavy atom. The number of benzene rings is 1. The lowest BCUT2D eigenvalue weighted by Gasteiger charge is -2.32. The molecular weight excluding hydrogens is 321 g/mol. The molecule has 1 aromatic carbocycles. The predicted molar refractivity (Wildman–Crippen MR) is 93.4 cm³/mol. The molecule has 1 aliphatic rings. The van der Waals surface area contributed by atoms with Crippen molar-refractivity contribution in [1.82, 2.24) is 15.1 Å². The van der Waals surface area contributed by atoms with Gasteiger partial charge in [0.25, 0.3) is 0 Å². The number of hydrogen-bond donors (Lipinski definition) is 1. The van der Waals surface area contributed by atoms with Crippen molar-refractivity contribution < 1.29 is 9.18 Å². The molecule has 2 aromatic rings. The quantitative estimate of drug-likeness (QED) is 0.865. The summed E-state index contributed by atoms with van der Waals surface area (Å²) in [4.78, 5) is 16.1. The lowest BCUT2D eigenvalue weighted by molar-refractivity contribution is -0.123. The Kier molecular flexibility index (Phi) is 5.23. The van der Waals surface area contributed by atoms with Gasteiger partial charge in [-0.25, -0.2) is 4.39 Å². The van der Waals surface area contributed by atoms with Crippen LogP contribution >= 0.6 is 0 Å². The molecular formula is C18H22FN5O. The van der Waals surface area contributed by atoms with Crippen LogP contribution in [0.5, 0.6) is 0 Å². The Hall–Kier alpha value is -2.54. The first-order valence-electron chi connectivity index (χ1n) is 8.35. The van der Waals surface area contributed by atoms with E-state index in [1.54, 1.807) is 18.3 Å². The van der Waals surface area contributed by atoms with Crippen LogP contribution in [0.4, 0.5) is 10.2 Å². The van der Waals surface area contributed by atoms with Gasteiger partial charge in [0, 0.05) is 25.3 Å². The maximum absolute atomic E-state index is 13.2. The Balaban J connectivity index is 1.75. The molecule has 0 unspecified atom stereocenters. The fourth-order valence-electron chi connectivity index (χ4n) is 3.49. The van der Waals surface area contributed by atoms with Gasteiger partial charge in [-0.3, -0.25) is 9.69 Å². The normalized spacial score (nSPS) is 18.5. The zero-order chi connectivity index (χ0) is 17.8. The Morgan fingerprint density at radius 3 is 2.80 bits per heavy atom. The molecule has 1 saturated heterocycles. The molecule has 0 aliphatic carbocycles. The van der Waals surface area contributed by atoms with Crippen LogP contribution in [0.25, 0.3) is 0 Å². The van der Waals surface area contributed by atoms with E-state index < -0.39 is 11.9 Å². The Morgan fingerprint density at radius 2 is 2.16 bits per heavy atom. The fourth-order valence-corrected chi connectivity index (χ4v) is 3.49. The van der Waals surface area contributed by atoms with Crippen molar-refractivity contribution >= 4 is 11.7 Å². The van der Waals surface area contributed by atoms with E-state index in [1.807, 2.05) is 24.1 Å². The van der Waals surface area contributed by atoms with Gasteiger partial charge in [0.2, 0.25) is 5.91 Å². The zero-order valence-corrected chi connectivity index (χ0v) is 14.2. The minimum atomic E-state index is -0.593. The summed E-state index contributed by atoms with van der Waals surface area (Å²) in [5.41, 5.74) is 6.31. The highest BCUT2D eigenvalue weighted by Crippen LogP contribution is 2.26. The van der Waals surface area contributed by atoms with E-state index in [-0.39, 0.29) is 11.9 Å². The van der Waals surface area contributed by atoms with Crippen LogP contribution < -0.4 is 10.6 Å². The van der Waals surface area contributed by atoms with Crippen molar-refractivity contribution in [2.24, 2.45) is 5.73 Å². The molecule has 0 spiro atoms. The standard InChI is InChI=1S/C18H22FN5O/c1-23(17(18(20)25)13-6-8-14(19)9-7-13)12-15-4-3-11-24(15)16-5-2-10-21-22-16/h2,5-10,15,17H,3-4,11-12H2,1H3,(H2,20,25)/t15-,17-/m1/s1. The highest BCUT2D eigenvalue weighted by atomic mass is 19.1. The van der Waals surface area contributed by atoms with Crippen molar-refractivity contribution in [1.29, 1.82) is 0 Å². The number of carbonyl (C=O) groups is 1. The summed E-state index contributed by atoms with van der Waals surface area (Å²) in [7, 11) is 1.87. The lowest BCUT2D eigenvalue weighted by Crippen LogP contribution is -2.44. The molecule has 3 rings (SSSR count). The average molecular weight is 343 g/mol. The van der Waals surface area contributed by atoms with Gasteiger partial charge in [0.1, 0.15) is 11.9 Å². The second-order valence-corrected chi connectivity index (χ2v) is 6.37. The summed E-state index contributed by atoms with van der Waals surface area (Å²) in [6, 6.07) is 9.35. The summed E-state index contributed by atoms with van der Waals surface area (Å²) in [6.07, 6.45) is 3.72. The minimum Gasteiger partial charge on any atom is -0.368 e. The molecule has 1 aliphatic heterocycles. The number of carbonyl (C=O) groups excluding carboxylic acids is 1. The number of likely N-dealkylation sites (N-methyl/N-ethyl adjacent to an activating group) is 1. The van der Waals surface area contributed by atoms with E-state index in [1.165, 1.54) is 12.1 Å². The Labute approximate surface area is 146 Å². The lowest BCUT2D eigenvalue weighted by atomic mass is 10.0. The van der Waals surface area contributed by atoms with Crippen LogP contribution in [0, 0.1) is 5.82 Å². The zero-order valence-electron chi connectivity index (χ0n) is 14.2. The molecule has 6 nitrogen and oxygen atoms in total. The van der Waals surface area contributed by atoms with Gasteiger partial charge in [-0.2, -0.15) is 5.10 Å². The SMILES string of the molecule is CN(C[C@H]1CCCN1c1cccnn1)[C@@H](C(N)=O)c1ccc(F)cc1. The topological polar surface area (TPSA) is 75.3 Å². The molecule has 132 valence electrons. The van der Waals surface area contributed by atoms with Crippen LogP contribution in [0.3, 0.4) is 0 Å². The van der Waals surface area contributed by atoms with Gasteiger partial charge in [0.05, 0.1) is 0 Å². The molecule has 0 bridgehead atoms. The first kappa shape index (κ1) is 17.3.